The summed E-state index contributed by atoms with van der Waals surface area (Å²) in [6, 6.07) is 11.5. The molecule has 2 nitrogen and oxygen atoms in total. The molecule has 0 N–H and O–H groups in total. The van der Waals surface area contributed by atoms with Crippen LogP contribution in [0, 0.1) is 0 Å². The fourth-order valence-electron chi connectivity index (χ4n) is 4.96. The molecule has 2 aliphatic rings. The van der Waals surface area contributed by atoms with Crippen molar-refractivity contribution in [2.45, 2.75) is 102 Å². The van der Waals surface area contributed by atoms with Crippen molar-refractivity contribution in [3.05, 3.63) is 35.9 Å². The van der Waals surface area contributed by atoms with Gasteiger partial charge in [-0.3, -0.25) is 4.79 Å². The first-order valence-electron chi connectivity index (χ1n) is 10.7. The lowest BCUT2D eigenvalue weighted by molar-refractivity contribution is -0.140. The predicted molar refractivity (Wildman–Crippen MR) is 105 cm³/mol. The Labute approximate surface area is 154 Å². The van der Waals surface area contributed by atoms with Gasteiger partial charge in [0.25, 0.3) is 0 Å². The van der Waals surface area contributed by atoms with Crippen molar-refractivity contribution in [3.8, 4) is 0 Å². The number of rotatable bonds is 6. The molecule has 0 spiro atoms. The molecule has 1 aromatic carbocycles. The number of hydrogen-bond donors (Lipinski definition) is 0. The number of carbonyl (C=O) groups is 1. The van der Waals surface area contributed by atoms with Crippen LogP contribution in [-0.4, -0.2) is 22.9 Å². The molecule has 0 radical (unpaired) electrons. The minimum Gasteiger partial charge on any atom is -0.336 e. The molecule has 2 heteroatoms. The summed E-state index contributed by atoms with van der Waals surface area (Å²) in [5, 5.41) is 0. The second kappa shape index (κ2) is 9.40. The molecule has 0 aliphatic heterocycles. The van der Waals surface area contributed by atoms with Crippen LogP contribution in [0.5, 0.6) is 0 Å². The zero-order valence-electron chi connectivity index (χ0n) is 16.0. The molecule has 2 fully saturated rings. The van der Waals surface area contributed by atoms with E-state index in [4.69, 9.17) is 0 Å². The highest BCUT2D eigenvalue weighted by Crippen LogP contribution is 2.34. The first-order valence-corrected chi connectivity index (χ1v) is 10.7. The Kier molecular flexibility index (Phi) is 6.95. The van der Waals surface area contributed by atoms with Crippen molar-refractivity contribution in [1.82, 2.24) is 4.90 Å². The molecular weight excluding hydrogens is 306 g/mol. The molecule has 25 heavy (non-hydrogen) atoms. The molecule has 3 rings (SSSR count). The number of amides is 1. The van der Waals surface area contributed by atoms with Gasteiger partial charge in [0, 0.05) is 12.1 Å². The summed E-state index contributed by atoms with van der Waals surface area (Å²) in [6.45, 7) is 2.20. The maximum absolute atomic E-state index is 13.8. The standard InChI is InChI=1S/C23H35NO/c1-2-12-22(19-13-6-3-7-14-19)23(25)24(20-15-8-4-9-16-20)21-17-10-5-11-18-21/h3,6-7,13-14,20-22H,2,4-5,8-12,15-18H2,1H3. The Morgan fingerprint density at radius 2 is 1.44 bits per heavy atom. The molecule has 0 heterocycles. The van der Waals surface area contributed by atoms with Gasteiger partial charge < -0.3 is 4.90 Å². The second-order valence-electron chi connectivity index (χ2n) is 8.08. The zero-order chi connectivity index (χ0) is 17.5. The maximum Gasteiger partial charge on any atom is 0.230 e. The van der Waals surface area contributed by atoms with Crippen LogP contribution in [0.1, 0.15) is 95.5 Å². The normalized spacial score (nSPS) is 21.0. The van der Waals surface area contributed by atoms with Crippen LogP contribution in [0.3, 0.4) is 0 Å². The smallest absolute Gasteiger partial charge is 0.230 e. The molecule has 2 aliphatic carbocycles. The van der Waals surface area contributed by atoms with E-state index < -0.39 is 0 Å². The molecule has 1 unspecified atom stereocenters. The second-order valence-corrected chi connectivity index (χ2v) is 8.08. The average Bonchev–Trinajstić information content (AvgIpc) is 2.68. The fourth-order valence-corrected chi connectivity index (χ4v) is 4.96. The van der Waals surface area contributed by atoms with Gasteiger partial charge in [-0.15, -0.1) is 0 Å². The third-order valence-electron chi connectivity index (χ3n) is 6.27. The van der Waals surface area contributed by atoms with E-state index in [0.717, 1.165) is 12.8 Å². The van der Waals surface area contributed by atoms with E-state index in [-0.39, 0.29) is 5.92 Å². The summed E-state index contributed by atoms with van der Waals surface area (Å²) < 4.78 is 0. The van der Waals surface area contributed by atoms with Crippen molar-refractivity contribution < 1.29 is 4.79 Å². The van der Waals surface area contributed by atoms with Crippen LogP contribution < -0.4 is 0 Å². The third kappa shape index (κ3) is 4.65. The van der Waals surface area contributed by atoms with E-state index in [1.807, 2.05) is 0 Å². The Balaban J connectivity index is 1.85. The van der Waals surface area contributed by atoms with E-state index in [9.17, 15) is 4.79 Å². The summed E-state index contributed by atoms with van der Waals surface area (Å²) in [6.07, 6.45) is 14.8. The lowest BCUT2D eigenvalue weighted by Gasteiger charge is -2.43. The average molecular weight is 342 g/mol. The molecular formula is C23H35NO. The third-order valence-corrected chi connectivity index (χ3v) is 6.27. The summed E-state index contributed by atoms with van der Waals surface area (Å²) in [5.41, 5.74) is 1.21. The monoisotopic (exact) mass is 341 g/mol. The molecule has 1 aromatic rings. The van der Waals surface area contributed by atoms with Crippen LogP contribution in [0.4, 0.5) is 0 Å². The van der Waals surface area contributed by atoms with Gasteiger partial charge in [-0.05, 0) is 37.7 Å². The molecule has 0 aromatic heterocycles. The predicted octanol–water partition coefficient (Wildman–Crippen LogP) is 6.06. The Morgan fingerprint density at radius 1 is 0.920 bits per heavy atom. The van der Waals surface area contributed by atoms with E-state index >= 15 is 0 Å². The van der Waals surface area contributed by atoms with Crippen molar-refractivity contribution in [2.75, 3.05) is 0 Å². The highest BCUT2D eigenvalue weighted by molar-refractivity contribution is 5.84. The highest BCUT2D eigenvalue weighted by atomic mass is 16.2. The molecule has 0 saturated heterocycles. The van der Waals surface area contributed by atoms with Crippen molar-refractivity contribution in [3.63, 3.8) is 0 Å². The number of nitrogens with zero attached hydrogens (tertiary/aromatic N) is 1. The number of carbonyl (C=O) groups excluding carboxylic acids is 1. The van der Waals surface area contributed by atoms with Gasteiger partial charge in [0.2, 0.25) is 5.91 Å². The molecule has 2 saturated carbocycles. The van der Waals surface area contributed by atoms with Gasteiger partial charge in [-0.25, -0.2) is 0 Å². The van der Waals surface area contributed by atoms with E-state index in [1.54, 1.807) is 0 Å². The van der Waals surface area contributed by atoms with Gasteiger partial charge in [0.15, 0.2) is 0 Å². The van der Waals surface area contributed by atoms with Gasteiger partial charge >= 0.3 is 0 Å². The van der Waals surface area contributed by atoms with Crippen LogP contribution >= 0.6 is 0 Å². The van der Waals surface area contributed by atoms with Crippen LogP contribution in [0.15, 0.2) is 30.3 Å². The zero-order valence-corrected chi connectivity index (χ0v) is 16.0. The van der Waals surface area contributed by atoms with E-state index in [1.165, 1.54) is 69.8 Å². The Hall–Kier alpha value is -1.31. The SMILES string of the molecule is CCCC(C(=O)N(C1CCCCC1)C1CCCCC1)c1ccccc1. The largest absolute Gasteiger partial charge is 0.336 e. The van der Waals surface area contributed by atoms with Gasteiger partial charge in [-0.2, -0.15) is 0 Å². The van der Waals surface area contributed by atoms with Gasteiger partial charge in [0.1, 0.15) is 0 Å². The molecule has 1 amide bonds. The molecule has 1 atom stereocenters. The first-order chi connectivity index (χ1) is 12.3. The quantitative estimate of drug-likeness (QED) is 0.615. The summed E-state index contributed by atoms with van der Waals surface area (Å²) >= 11 is 0. The molecule has 0 bridgehead atoms. The van der Waals surface area contributed by atoms with Crippen molar-refractivity contribution >= 4 is 5.91 Å². The van der Waals surface area contributed by atoms with Crippen LogP contribution in [-0.2, 0) is 4.79 Å². The summed E-state index contributed by atoms with van der Waals surface area (Å²) in [5.74, 6) is 0.474. The lowest BCUT2D eigenvalue weighted by Crippen LogP contribution is -2.50. The summed E-state index contributed by atoms with van der Waals surface area (Å²) in [7, 11) is 0. The van der Waals surface area contributed by atoms with Crippen LogP contribution in [0.25, 0.3) is 0 Å². The number of hydrogen-bond acceptors (Lipinski definition) is 1. The Bertz CT molecular complexity index is 496. The lowest BCUT2D eigenvalue weighted by atomic mass is 9.85. The minimum atomic E-state index is 0.0510. The van der Waals surface area contributed by atoms with Gasteiger partial charge in [-0.1, -0.05) is 82.2 Å². The summed E-state index contributed by atoms with van der Waals surface area (Å²) in [4.78, 5) is 16.2. The highest BCUT2D eigenvalue weighted by Gasteiger charge is 2.35. The van der Waals surface area contributed by atoms with E-state index in [0.29, 0.717) is 18.0 Å². The minimum absolute atomic E-state index is 0.0510. The van der Waals surface area contributed by atoms with E-state index in [2.05, 4.69) is 42.2 Å². The topological polar surface area (TPSA) is 20.3 Å². The fraction of sp³-hybridized carbons (Fsp3) is 0.696. The Morgan fingerprint density at radius 3 is 1.92 bits per heavy atom. The van der Waals surface area contributed by atoms with Gasteiger partial charge in [0.05, 0.1) is 5.92 Å². The maximum atomic E-state index is 13.8. The van der Waals surface area contributed by atoms with Crippen molar-refractivity contribution in [2.24, 2.45) is 0 Å². The molecule has 138 valence electrons. The van der Waals surface area contributed by atoms with Crippen molar-refractivity contribution in [1.29, 1.82) is 0 Å². The first kappa shape index (κ1) is 18.5. The van der Waals surface area contributed by atoms with Crippen LogP contribution in [0.2, 0.25) is 0 Å². The number of benzene rings is 1.